The van der Waals surface area contributed by atoms with Gasteiger partial charge >= 0.3 is 5.97 Å². The third kappa shape index (κ3) is 20.6. The van der Waals surface area contributed by atoms with Gasteiger partial charge in [0.1, 0.15) is 42.3 Å². The molecular formula is C45H82N10O10S. The van der Waals surface area contributed by atoms with Gasteiger partial charge in [-0.1, -0.05) is 68.2 Å². The number of rotatable bonds is 31. The molecule has 0 aromatic carbocycles. The second kappa shape index (κ2) is 30.7. The van der Waals surface area contributed by atoms with Crippen LogP contribution in [0.1, 0.15) is 127 Å². The van der Waals surface area contributed by atoms with E-state index in [0.29, 0.717) is 57.2 Å². The summed E-state index contributed by atoms with van der Waals surface area (Å²) in [6.07, 6.45) is 5.86. The quantitative estimate of drug-likeness (QED) is 0.0424. The summed E-state index contributed by atoms with van der Waals surface area (Å²) in [4.78, 5) is 121. The van der Waals surface area contributed by atoms with Crippen LogP contribution in [0.4, 0.5) is 0 Å². The van der Waals surface area contributed by atoms with E-state index < -0.39 is 108 Å². The Kier molecular flexibility index (Phi) is 27.7. The third-order valence-electron chi connectivity index (χ3n) is 11.9. The minimum absolute atomic E-state index is 0.0522. The van der Waals surface area contributed by atoms with Crippen LogP contribution in [0.3, 0.4) is 0 Å². The molecule has 66 heavy (non-hydrogen) atoms. The van der Waals surface area contributed by atoms with Crippen molar-refractivity contribution in [2.24, 2.45) is 35.1 Å². The number of thioether (sulfide) groups is 1. The Balaban J connectivity index is 3.05. The molecule has 0 spiro atoms. The van der Waals surface area contributed by atoms with Crippen LogP contribution in [0.25, 0.3) is 0 Å². The molecule has 8 amide bonds. The minimum atomic E-state index is -1.19. The number of carbonyl (C=O) groups excluding carboxylic acids is 8. The van der Waals surface area contributed by atoms with Gasteiger partial charge in [-0.05, 0) is 101 Å². The fraction of sp³-hybridized carbons (Fsp3) is 0.800. The molecule has 0 aromatic heterocycles. The van der Waals surface area contributed by atoms with Gasteiger partial charge in [0.2, 0.25) is 47.3 Å². The molecule has 10 unspecified atom stereocenters. The van der Waals surface area contributed by atoms with Crippen LogP contribution in [0, 0.1) is 23.7 Å². The molecule has 0 aromatic rings. The molecule has 21 heteroatoms. The number of carboxylic acid groups (broad SMARTS) is 1. The van der Waals surface area contributed by atoms with Crippen molar-refractivity contribution < 1.29 is 48.3 Å². The molecule has 1 rings (SSSR count). The van der Waals surface area contributed by atoms with E-state index in [1.54, 1.807) is 13.8 Å². The van der Waals surface area contributed by atoms with Crippen LogP contribution in [-0.2, 0) is 43.2 Å². The Morgan fingerprint density at radius 1 is 0.682 bits per heavy atom. The van der Waals surface area contributed by atoms with E-state index in [0.717, 1.165) is 0 Å². The molecule has 0 aliphatic carbocycles. The first kappa shape index (κ1) is 59.5. The lowest BCUT2D eigenvalue weighted by molar-refractivity contribution is -0.144. The number of carboxylic acids is 1. The van der Waals surface area contributed by atoms with Crippen LogP contribution in [0.15, 0.2) is 0 Å². The van der Waals surface area contributed by atoms with Crippen molar-refractivity contribution in [3.63, 3.8) is 0 Å². The highest BCUT2D eigenvalue weighted by molar-refractivity contribution is 7.98. The SMILES string of the molecule is CCC(C)C(N)C(=O)NC(CCSC)C(=O)N1CCCC1C(=O)NC(CCCCN)C(=O)NC(C)C(=O)NCC(=O)NC(CC(C)C)C(=O)NC(CC(C)C)C(=O)NC(C(=O)O)C(C)CC. The predicted octanol–water partition coefficient (Wildman–Crippen LogP) is 0.501. The number of nitrogens with one attached hydrogen (secondary N) is 7. The van der Waals surface area contributed by atoms with E-state index in [1.165, 1.54) is 23.6 Å². The van der Waals surface area contributed by atoms with Gasteiger partial charge in [-0.2, -0.15) is 11.8 Å². The summed E-state index contributed by atoms with van der Waals surface area (Å²) >= 11 is 1.51. The van der Waals surface area contributed by atoms with Crippen molar-refractivity contribution >= 4 is 65.0 Å². The van der Waals surface area contributed by atoms with Crippen LogP contribution in [0.5, 0.6) is 0 Å². The van der Waals surface area contributed by atoms with Gasteiger partial charge < -0.3 is 58.7 Å². The molecule has 0 radical (unpaired) electrons. The van der Waals surface area contributed by atoms with Gasteiger partial charge in [0, 0.05) is 6.54 Å². The van der Waals surface area contributed by atoms with Crippen molar-refractivity contribution in [3.05, 3.63) is 0 Å². The Labute approximate surface area is 395 Å². The third-order valence-corrected chi connectivity index (χ3v) is 12.5. The molecular weight excluding hydrogens is 873 g/mol. The molecule has 1 aliphatic heterocycles. The maximum absolute atomic E-state index is 13.9. The Hall–Kier alpha value is -4.50. The monoisotopic (exact) mass is 955 g/mol. The smallest absolute Gasteiger partial charge is 0.326 e. The Morgan fingerprint density at radius 2 is 1.24 bits per heavy atom. The first-order chi connectivity index (χ1) is 31.0. The lowest BCUT2D eigenvalue weighted by Crippen LogP contribution is -2.59. The number of hydrogen-bond acceptors (Lipinski definition) is 12. The van der Waals surface area contributed by atoms with Crippen molar-refractivity contribution in [2.45, 2.75) is 175 Å². The first-order valence-electron chi connectivity index (χ1n) is 23.6. The van der Waals surface area contributed by atoms with E-state index >= 15 is 0 Å². The molecule has 1 saturated heterocycles. The lowest BCUT2D eigenvalue weighted by Gasteiger charge is -2.31. The van der Waals surface area contributed by atoms with Gasteiger partial charge in [0.25, 0.3) is 0 Å². The predicted molar refractivity (Wildman–Crippen MR) is 254 cm³/mol. The molecule has 10 atom stereocenters. The fourth-order valence-corrected chi connectivity index (χ4v) is 7.84. The average molecular weight is 955 g/mol. The zero-order valence-corrected chi connectivity index (χ0v) is 41.8. The van der Waals surface area contributed by atoms with E-state index in [1.807, 2.05) is 47.8 Å². The highest BCUT2D eigenvalue weighted by Crippen LogP contribution is 2.21. The summed E-state index contributed by atoms with van der Waals surface area (Å²) in [5.41, 5.74) is 11.9. The molecule has 1 fully saturated rings. The number of nitrogens with zero attached hydrogens (tertiary/aromatic N) is 1. The van der Waals surface area contributed by atoms with Crippen molar-refractivity contribution in [3.8, 4) is 0 Å². The van der Waals surface area contributed by atoms with Crippen molar-refractivity contribution in [1.29, 1.82) is 0 Å². The standard InChI is InChI=1S/C45H82N10O10S/c1-11-27(7)36(47)43(62)52-31(18-21-66-10)44(63)55-20-15-17-34(55)42(61)51-30(16-13-14-19-46)39(58)49-29(9)38(57)48-24-35(56)50-32(22-25(3)4)40(59)53-33(23-26(5)6)41(60)54-37(45(64)65)28(8)12-2/h25-34,36-37H,11-24,46-47H2,1-10H3,(H,48,57)(H,49,58)(H,50,56)(H,51,61)(H,52,62)(H,53,59)(H,54,60)(H,64,65). The molecule has 20 nitrogen and oxygen atoms in total. The maximum Gasteiger partial charge on any atom is 0.326 e. The summed E-state index contributed by atoms with van der Waals surface area (Å²) < 4.78 is 0. The van der Waals surface area contributed by atoms with Gasteiger partial charge in [-0.15, -0.1) is 0 Å². The normalized spacial score (nSPS) is 17.8. The number of aliphatic carboxylic acids is 1. The van der Waals surface area contributed by atoms with Crippen molar-refractivity contribution in [1.82, 2.24) is 42.1 Å². The van der Waals surface area contributed by atoms with E-state index in [4.69, 9.17) is 11.5 Å². The highest BCUT2D eigenvalue weighted by Gasteiger charge is 2.40. The van der Waals surface area contributed by atoms with Crippen LogP contribution in [0.2, 0.25) is 0 Å². The summed E-state index contributed by atoms with van der Waals surface area (Å²) in [6, 6.07) is -8.21. The Morgan fingerprint density at radius 3 is 1.79 bits per heavy atom. The molecule has 0 bridgehead atoms. The zero-order valence-electron chi connectivity index (χ0n) is 41.0. The van der Waals surface area contributed by atoms with E-state index in [-0.39, 0.29) is 49.5 Å². The molecule has 1 heterocycles. The highest BCUT2D eigenvalue weighted by atomic mass is 32.2. The van der Waals surface area contributed by atoms with E-state index in [9.17, 15) is 48.3 Å². The van der Waals surface area contributed by atoms with Crippen molar-refractivity contribution in [2.75, 3.05) is 31.6 Å². The number of unbranched alkanes of at least 4 members (excludes halogenated alkanes) is 1. The summed E-state index contributed by atoms with van der Waals surface area (Å²) in [5, 5.41) is 28.2. The first-order valence-corrected chi connectivity index (χ1v) is 25.0. The van der Waals surface area contributed by atoms with Gasteiger partial charge in [-0.25, -0.2) is 4.79 Å². The topological polar surface area (TPSA) is 313 Å². The van der Waals surface area contributed by atoms with E-state index in [2.05, 4.69) is 37.2 Å². The molecule has 12 N–H and O–H groups in total. The number of nitrogens with two attached hydrogens (primary N) is 2. The van der Waals surface area contributed by atoms with Crippen LogP contribution < -0.4 is 48.7 Å². The number of hydrogen-bond donors (Lipinski definition) is 10. The lowest BCUT2D eigenvalue weighted by atomic mass is 9.97. The Bertz CT molecular complexity index is 1620. The molecule has 378 valence electrons. The molecule has 0 saturated carbocycles. The summed E-state index contributed by atoms with van der Waals surface area (Å²) in [7, 11) is 0. The number of carbonyl (C=O) groups is 9. The fourth-order valence-electron chi connectivity index (χ4n) is 7.37. The van der Waals surface area contributed by atoms with Crippen LogP contribution in [-0.4, -0.2) is 143 Å². The second-order valence-corrected chi connectivity index (χ2v) is 19.4. The summed E-state index contributed by atoms with van der Waals surface area (Å²) in [5.74, 6) is -6.05. The minimum Gasteiger partial charge on any atom is -0.480 e. The van der Waals surface area contributed by atoms with Gasteiger partial charge in [0.15, 0.2) is 0 Å². The average Bonchev–Trinajstić information content (AvgIpc) is 3.76. The van der Waals surface area contributed by atoms with Gasteiger partial charge in [-0.3, -0.25) is 38.4 Å². The zero-order chi connectivity index (χ0) is 50.3. The summed E-state index contributed by atoms with van der Waals surface area (Å²) in [6.45, 7) is 16.1. The maximum atomic E-state index is 13.9. The molecule has 1 aliphatic rings. The van der Waals surface area contributed by atoms with Crippen LogP contribution >= 0.6 is 11.8 Å². The van der Waals surface area contributed by atoms with Gasteiger partial charge in [0.05, 0.1) is 12.6 Å². The number of amides is 8. The number of likely N-dealkylation sites (tertiary alicyclic amines) is 1. The largest absolute Gasteiger partial charge is 0.480 e. The second-order valence-electron chi connectivity index (χ2n) is 18.4.